The number of hydrogen-bond acceptors (Lipinski definition) is 8. The number of benzene rings is 2. The highest BCUT2D eigenvalue weighted by Crippen LogP contribution is 2.40. The molecule has 2 atom stereocenters. The van der Waals surface area contributed by atoms with E-state index in [0.29, 0.717) is 29.9 Å². The summed E-state index contributed by atoms with van der Waals surface area (Å²) in [5.41, 5.74) is 2.99. The lowest BCUT2D eigenvalue weighted by molar-refractivity contribution is -0.384. The lowest BCUT2D eigenvalue weighted by Gasteiger charge is -2.30. The molecule has 37 heavy (non-hydrogen) atoms. The van der Waals surface area contributed by atoms with Crippen molar-refractivity contribution in [1.29, 1.82) is 0 Å². The molecule has 0 aromatic heterocycles. The number of carbonyl (C=O) groups is 2. The summed E-state index contributed by atoms with van der Waals surface area (Å²) < 4.78 is 10.9. The Morgan fingerprint density at radius 2 is 1.73 bits per heavy atom. The summed E-state index contributed by atoms with van der Waals surface area (Å²) in [6.07, 6.45) is 0.388. The molecule has 0 aliphatic carbocycles. The van der Waals surface area contributed by atoms with Gasteiger partial charge in [0.15, 0.2) is 0 Å². The van der Waals surface area contributed by atoms with E-state index in [1.54, 1.807) is 19.9 Å². The first-order valence-electron chi connectivity index (χ1n) is 11.8. The van der Waals surface area contributed by atoms with E-state index in [0.717, 1.165) is 13.1 Å². The standard InChI is InChI=1S/C27H29N3O6.ClH/c1-17-23(26(31)35-3)25(20-10-7-11-21(14-20)30(33)34)24(18(2)28-17)27(32)36-22-12-13-29(16-22)15-19-8-5-4-6-9-19;/h4-11,14,22,25,28H,12-13,15-16H2,1-3H3;1H/t22-,25+;/m1./s1. The van der Waals surface area contributed by atoms with Crippen molar-refractivity contribution in [3.8, 4) is 0 Å². The van der Waals surface area contributed by atoms with Gasteiger partial charge in [0.2, 0.25) is 0 Å². The summed E-state index contributed by atoms with van der Waals surface area (Å²) in [6.45, 7) is 5.60. The number of nitrogens with one attached hydrogen (secondary N) is 1. The van der Waals surface area contributed by atoms with E-state index in [4.69, 9.17) is 9.47 Å². The van der Waals surface area contributed by atoms with E-state index in [1.807, 2.05) is 18.2 Å². The molecule has 0 saturated carbocycles. The van der Waals surface area contributed by atoms with E-state index in [-0.39, 0.29) is 35.3 Å². The van der Waals surface area contributed by atoms with Gasteiger partial charge in [-0.2, -0.15) is 0 Å². The van der Waals surface area contributed by atoms with E-state index in [1.165, 1.54) is 30.9 Å². The van der Waals surface area contributed by atoms with Gasteiger partial charge in [-0.25, -0.2) is 9.59 Å². The predicted octanol–water partition coefficient (Wildman–Crippen LogP) is 4.24. The summed E-state index contributed by atoms with van der Waals surface area (Å²) in [5.74, 6) is -2.05. The van der Waals surface area contributed by atoms with Crippen molar-refractivity contribution in [2.24, 2.45) is 0 Å². The third-order valence-electron chi connectivity index (χ3n) is 6.55. The fraction of sp³-hybridized carbons (Fsp3) is 0.333. The zero-order valence-corrected chi connectivity index (χ0v) is 21.7. The first-order valence-corrected chi connectivity index (χ1v) is 11.8. The van der Waals surface area contributed by atoms with E-state index in [2.05, 4.69) is 22.3 Å². The second kappa shape index (κ2) is 12.0. The monoisotopic (exact) mass is 527 g/mol. The molecule has 0 spiro atoms. The Morgan fingerprint density at radius 3 is 2.38 bits per heavy atom. The Balaban J connectivity index is 0.00000380. The second-order valence-corrected chi connectivity index (χ2v) is 9.02. The summed E-state index contributed by atoms with van der Waals surface area (Å²) in [6, 6.07) is 16.0. The molecule has 10 heteroatoms. The molecule has 0 bridgehead atoms. The van der Waals surface area contributed by atoms with Crippen LogP contribution in [0.15, 0.2) is 77.1 Å². The number of nitro groups is 1. The number of allylic oxidation sites excluding steroid dienone is 2. The van der Waals surface area contributed by atoms with Gasteiger partial charge in [-0.05, 0) is 31.4 Å². The fourth-order valence-electron chi connectivity index (χ4n) is 4.89. The van der Waals surface area contributed by atoms with Gasteiger partial charge in [-0.15, -0.1) is 12.4 Å². The van der Waals surface area contributed by atoms with Crippen LogP contribution in [-0.2, 0) is 25.6 Å². The van der Waals surface area contributed by atoms with Gasteiger partial charge >= 0.3 is 11.9 Å². The summed E-state index contributed by atoms with van der Waals surface area (Å²) in [4.78, 5) is 39.5. The SMILES string of the molecule is COC(=O)C1=C(C)NC(C)=C(C(=O)O[C@@H]2CCN(Cc3ccccc3)C2)[C@H]1c1cccc([N+](=O)[O-])c1.Cl. The number of carbonyl (C=O) groups excluding carboxylic acids is 2. The minimum Gasteiger partial charge on any atom is -0.466 e. The molecule has 2 aromatic rings. The van der Waals surface area contributed by atoms with Gasteiger partial charge in [-0.1, -0.05) is 42.5 Å². The van der Waals surface area contributed by atoms with Crippen molar-refractivity contribution < 1.29 is 24.0 Å². The van der Waals surface area contributed by atoms with Crippen LogP contribution in [0.4, 0.5) is 5.69 Å². The third kappa shape index (κ3) is 6.18. The van der Waals surface area contributed by atoms with Crippen molar-refractivity contribution in [2.75, 3.05) is 20.2 Å². The van der Waals surface area contributed by atoms with Crippen LogP contribution in [0, 0.1) is 10.1 Å². The van der Waals surface area contributed by atoms with Crippen LogP contribution in [0.2, 0.25) is 0 Å². The van der Waals surface area contributed by atoms with E-state index < -0.39 is 22.8 Å². The molecule has 1 saturated heterocycles. The molecule has 1 N–H and O–H groups in total. The third-order valence-corrected chi connectivity index (χ3v) is 6.55. The largest absolute Gasteiger partial charge is 0.466 e. The Labute approximate surface area is 221 Å². The normalized spacial score (nSPS) is 19.6. The van der Waals surface area contributed by atoms with Gasteiger partial charge in [0.1, 0.15) is 6.10 Å². The summed E-state index contributed by atoms with van der Waals surface area (Å²) >= 11 is 0. The smallest absolute Gasteiger partial charge is 0.337 e. The zero-order chi connectivity index (χ0) is 25.8. The molecule has 2 heterocycles. The molecule has 0 radical (unpaired) electrons. The average molecular weight is 528 g/mol. The summed E-state index contributed by atoms with van der Waals surface area (Å²) in [5, 5.41) is 14.5. The van der Waals surface area contributed by atoms with Crippen LogP contribution in [-0.4, -0.2) is 48.1 Å². The van der Waals surface area contributed by atoms with Gasteiger partial charge < -0.3 is 14.8 Å². The number of dihydropyridines is 1. The number of esters is 2. The number of methoxy groups -OCH3 is 1. The number of nitrogens with zero attached hydrogens (tertiary/aromatic N) is 2. The maximum atomic E-state index is 13.5. The molecular formula is C27H30ClN3O6. The minimum absolute atomic E-state index is 0. The number of nitro benzene ring substituents is 1. The van der Waals surface area contributed by atoms with E-state index >= 15 is 0 Å². The lowest BCUT2D eigenvalue weighted by Crippen LogP contribution is -2.34. The second-order valence-electron chi connectivity index (χ2n) is 9.02. The van der Waals surface area contributed by atoms with Crippen molar-refractivity contribution in [2.45, 2.75) is 38.8 Å². The molecule has 0 unspecified atom stereocenters. The first kappa shape index (κ1) is 27.9. The molecule has 2 aliphatic heterocycles. The predicted molar refractivity (Wildman–Crippen MR) is 140 cm³/mol. The van der Waals surface area contributed by atoms with Crippen molar-refractivity contribution in [3.05, 3.63) is 98.4 Å². The Hall–Kier alpha value is -3.69. The number of halogens is 1. The quantitative estimate of drug-likeness (QED) is 0.323. The minimum atomic E-state index is -0.868. The van der Waals surface area contributed by atoms with Gasteiger partial charge in [0, 0.05) is 43.2 Å². The van der Waals surface area contributed by atoms with Crippen LogP contribution in [0.5, 0.6) is 0 Å². The number of non-ortho nitro benzene ring substituents is 1. The Bertz CT molecular complexity index is 1240. The van der Waals surface area contributed by atoms with Gasteiger partial charge in [0.25, 0.3) is 5.69 Å². The zero-order valence-electron chi connectivity index (χ0n) is 20.9. The molecule has 2 aromatic carbocycles. The summed E-state index contributed by atoms with van der Waals surface area (Å²) in [7, 11) is 1.26. The van der Waals surface area contributed by atoms with Crippen LogP contribution >= 0.6 is 12.4 Å². The average Bonchev–Trinajstić information content (AvgIpc) is 3.30. The molecule has 0 amide bonds. The molecule has 2 aliphatic rings. The Morgan fingerprint density at radius 1 is 1.05 bits per heavy atom. The molecule has 9 nitrogen and oxygen atoms in total. The van der Waals surface area contributed by atoms with E-state index in [9.17, 15) is 19.7 Å². The van der Waals surface area contributed by atoms with Crippen LogP contribution < -0.4 is 5.32 Å². The molecular weight excluding hydrogens is 498 g/mol. The lowest BCUT2D eigenvalue weighted by atomic mass is 9.80. The van der Waals surface area contributed by atoms with Crippen molar-refractivity contribution in [3.63, 3.8) is 0 Å². The Kier molecular flexibility index (Phi) is 9.07. The molecule has 196 valence electrons. The highest BCUT2D eigenvalue weighted by atomic mass is 35.5. The highest BCUT2D eigenvalue weighted by molar-refractivity contribution is 6.00. The first-order chi connectivity index (χ1) is 17.3. The number of hydrogen-bond donors (Lipinski definition) is 1. The van der Waals surface area contributed by atoms with Gasteiger partial charge in [-0.3, -0.25) is 15.0 Å². The van der Waals surface area contributed by atoms with Crippen molar-refractivity contribution in [1.82, 2.24) is 10.2 Å². The van der Waals surface area contributed by atoms with Crippen molar-refractivity contribution >= 4 is 30.0 Å². The topological polar surface area (TPSA) is 111 Å². The van der Waals surface area contributed by atoms with Crippen LogP contribution in [0.3, 0.4) is 0 Å². The number of rotatable bonds is 7. The van der Waals surface area contributed by atoms with Gasteiger partial charge in [0.05, 0.1) is 29.1 Å². The molecule has 4 rings (SSSR count). The maximum absolute atomic E-state index is 13.5. The highest BCUT2D eigenvalue weighted by Gasteiger charge is 2.39. The fourth-order valence-corrected chi connectivity index (χ4v) is 4.89. The molecule has 1 fully saturated rings. The number of likely N-dealkylation sites (tertiary alicyclic amines) is 1. The van der Waals surface area contributed by atoms with Crippen LogP contribution in [0.25, 0.3) is 0 Å². The maximum Gasteiger partial charge on any atom is 0.337 e. The van der Waals surface area contributed by atoms with Crippen LogP contribution in [0.1, 0.15) is 37.3 Å². The number of ether oxygens (including phenoxy) is 2.